The number of nitrogens with one attached hydrogen (secondary N) is 1. The summed E-state index contributed by atoms with van der Waals surface area (Å²) in [7, 11) is -4.17. The normalized spacial score (nSPS) is 11.9. The summed E-state index contributed by atoms with van der Waals surface area (Å²) in [6.07, 6.45) is 0.260. The van der Waals surface area contributed by atoms with E-state index in [1.807, 2.05) is 68.4 Å². The molecule has 1 atom stereocenters. The van der Waals surface area contributed by atoms with E-state index in [1.54, 1.807) is 43.3 Å². The van der Waals surface area contributed by atoms with Crippen LogP contribution in [0.2, 0.25) is 5.02 Å². The number of amides is 2. The molecule has 0 aliphatic carbocycles. The van der Waals surface area contributed by atoms with Crippen molar-refractivity contribution in [3.63, 3.8) is 0 Å². The molecule has 4 aromatic carbocycles. The molecular formula is C34H36ClN3O4S. The van der Waals surface area contributed by atoms with E-state index in [0.29, 0.717) is 22.8 Å². The van der Waals surface area contributed by atoms with Gasteiger partial charge in [-0.15, -0.1) is 0 Å². The van der Waals surface area contributed by atoms with E-state index in [-0.39, 0.29) is 23.8 Å². The minimum absolute atomic E-state index is 0.0480. The summed E-state index contributed by atoms with van der Waals surface area (Å²) in [6, 6.07) is 29.1. The third kappa shape index (κ3) is 8.03. The van der Waals surface area contributed by atoms with Gasteiger partial charge in [-0.25, -0.2) is 8.42 Å². The average molecular weight is 618 g/mol. The quantitative estimate of drug-likeness (QED) is 0.214. The first-order chi connectivity index (χ1) is 20.6. The van der Waals surface area contributed by atoms with Crippen molar-refractivity contribution < 1.29 is 18.0 Å². The standard InChI is InChI=1S/C34H36ClN3O4S/c1-4-36-34(40)32(22-27-11-7-5-8-12-27)37(23-28-17-15-25(2)16-18-28)33(39)24-38(31-20-19-29(35)21-26(31)3)43(41,42)30-13-9-6-10-14-30/h5-21,32H,4,22-24H2,1-3H3,(H,36,40)/t32-/m0/s1. The summed E-state index contributed by atoms with van der Waals surface area (Å²) in [5.74, 6) is -0.825. The molecule has 224 valence electrons. The lowest BCUT2D eigenvalue weighted by atomic mass is 10.0. The van der Waals surface area contributed by atoms with E-state index in [9.17, 15) is 18.0 Å². The lowest BCUT2D eigenvalue weighted by Crippen LogP contribution is -2.53. The number of halogens is 1. The summed E-state index contributed by atoms with van der Waals surface area (Å²) in [5.41, 5.74) is 3.68. The number of rotatable bonds is 12. The largest absolute Gasteiger partial charge is 0.355 e. The highest BCUT2D eigenvalue weighted by Crippen LogP contribution is 2.29. The third-order valence-corrected chi connectivity index (χ3v) is 9.14. The predicted octanol–water partition coefficient (Wildman–Crippen LogP) is 5.93. The van der Waals surface area contributed by atoms with Crippen molar-refractivity contribution in [3.05, 3.63) is 130 Å². The van der Waals surface area contributed by atoms with Crippen LogP contribution in [0.1, 0.15) is 29.2 Å². The second-order valence-electron chi connectivity index (χ2n) is 10.4. The molecule has 2 amide bonds. The van der Waals surface area contributed by atoms with Crippen molar-refractivity contribution in [1.29, 1.82) is 0 Å². The summed E-state index contributed by atoms with van der Waals surface area (Å²) in [4.78, 5) is 29.5. The van der Waals surface area contributed by atoms with E-state index >= 15 is 0 Å². The highest BCUT2D eigenvalue weighted by atomic mass is 35.5. The number of likely N-dealkylation sites (N-methyl/N-ethyl adjacent to an activating group) is 1. The Morgan fingerprint density at radius 1 is 0.837 bits per heavy atom. The van der Waals surface area contributed by atoms with Gasteiger partial charge in [0.05, 0.1) is 10.6 Å². The van der Waals surface area contributed by atoms with Crippen molar-refractivity contribution in [3.8, 4) is 0 Å². The molecular weight excluding hydrogens is 582 g/mol. The second-order valence-corrected chi connectivity index (χ2v) is 12.7. The number of anilines is 1. The number of aryl methyl sites for hydroxylation is 2. The van der Waals surface area contributed by atoms with Crippen LogP contribution in [0.15, 0.2) is 108 Å². The molecule has 7 nitrogen and oxygen atoms in total. The number of sulfonamides is 1. The molecule has 0 fully saturated rings. The van der Waals surface area contributed by atoms with E-state index in [0.717, 1.165) is 21.0 Å². The van der Waals surface area contributed by atoms with Gasteiger partial charge in [0.1, 0.15) is 12.6 Å². The molecule has 0 aliphatic rings. The van der Waals surface area contributed by atoms with Crippen LogP contribution in [0.5, 0.6) is 0 Å². The van der Waals surface area contributed by atoms with E-state index in [1.165, 1.54) is 17.0 Å². The molecule has 0 saturated carbocycles. The van der Waals surface area contributed by atoms with Crippen LogP contribution in [0.25, 0.3) is 0 Å². The van der Waals surface area contributed by atoms with E-state index < -0.39 is 28.5 Å². The van der Waals surface area contributed by atoms with Gasteiger partial charge in [-0.2, -0.15) is 0 Å². The summed E-state index contributed by atoms with van der Waals surface area (Å²) >= 11 is 6.21. The van der Waals surface area contributed by atoms with Crippen LogP contribution in [-0.4, -0.2) is 44.3 Å². The SMILES string of the molecule is CCNC(=O)[C@H](Cc1ccccc1)N(Cc1ccc(C)cc1)C(=O)CN(c1ccc(Cl)cc1C)S(=O)(=O)c1ccccc1. The Bertz CT molecular complexity index is 1650. The third-order valence-electron chi connectivity index (χ3n) is 7.13. The maximum Gasteiger partial charge on any atom is 0.264 e. The minimum Gasteiger partial charge on any atom is -0.355 e. The number of hydrogen-bond acceptors (Lipinski definition) is 4. The van der Waals surface area contributed by atoms with Crippen molar-refractivity contribution in [2.24, 2.45) is 0 Å². The maximum absolute atomic E-state index is 14.4. The molecule has 0 aliphatic heterocycles. The fourth-order valence-electron chi connectivity index (χ4n) is 4.87. The van der Waals surface area contributed by atoms with Crippen LogP contribution >= 0.6 is 11.6 Å². The molecule has 1 N–H and O–H groups in total. The average Bonchev–Trinajstić information content (AvgIpc) is 3.00. The molecule has 0 unspecified atom stereocenters. The first-order valence-electron chi connectivity index (χ1n) is 14.1. The van der Waals surface area contributed by atoms with Gasteiger partial charge in [-0.1, -0.05) is 90.0 Å². The molecule has 0 heterocycles. The minimum atomic E-state index is -4.17. The molecule has 0 saturated heterocycles. The van der Waals surface area contributed by atoms with Crippen molar-refractivity contribution in [1.82, 2.24) is 10.2 Å². The predicted molar refractivity (Wildman–Crippen MR) is 172 cm³/mol. The Kier molecular flexibility index (Phi) is 10.6. The zero-order valence-electron chi connectivity index (χ0n) is 24.5. The van der Waals surface area contributed by atoms with Crippen LogP contribution in [0, 0.1) is 13.8 Å². The number of carbonyl (C=O) groups is 2. The molecule has 43 heavy (non-hydrogen) atoms. The number of benzene rings is 4. The highest BCUT2D eigenvalue weighted by Gasteiger charge is 2.35. The molecule has 4 aromatic rings. The first kappa shape index (κ1) is 31.8. The Balaban J connectivity index is 1.81. The maximum atomic E-state index is 14.4. The van der Waals surface area contributed by atoms with Gasteiger partial charge in [0, 0.05) is 24.5 Å². The molecule has 0 bridgehead atoms. The fraction of sp³-hybridized carbons (Fsp3) is 0.235. The highest BCUT2D eigenvalue weighted by molar-refractivity contribution is 7.92. The molecule has 9 heteroatoms. The van der Waals surface area contributed by atoms with Gasteiger partial charge in [0.15, 0.2) is 0 Å². The molecule has 0 spiro atoms. The van der Waals surface area contributed by atoms with Crippen molar-refractivity contribution in [2.45, 2.75) is 44.7 Å². The van der Waals surface area contributed by atoms with Gasteiger partial charge < -0.3 is 10.2 Å². The summed E-state index contributed by atoms with van der Waals surface area (Å²) < 4.78 is 29.2. The fourth-order valence-corrected chi connectivity index (χ4v) is 6.59. The van der Waals surface area contributed by atoms with Gasteiger partial charge in [-0.05, 0) is 67.8 Å². The van der Waals surface area contributed by atoms with Crippen molar-refractivity contribution >= 4 is 39.1 Å². The molecule has 4 rings (SSSR count). The van der Waals surface area contributed by atoms with Gasteiger partial charge in [0.25, 0.3) is 10.0 Å². The van der Waals surface area contributed by atoms with Gasteiger partial charge >= 0.3 is 0 Å². The lowest BCUT2D eigenvalue weighted by Gasteiger charge is -2.34. The van der Waals surface area contributed by atoms with Crippen molar-refractivity contribution in [2.75, 3.05) is 17.4 Å². The van der Waals surface area contributed by atoms with Crippen LogP contribution < -0.4 is 9.62 Å². The van der Waals surface area contributed by atoms with E-state index in [2.05, 4.69) is 5.32 Å². The van der Waals surface area contributed by atoms with Crippen LogP contribution in [0.3, 0.4) is 0 Å². The topological polar surface area (TPSA) is 86.8 Å². The summed E-state index contributed by atoms with van der Waals surface area (Å²) in [6.45, 7) is 5.52. The van der Waals surface area contributed by atoms with Crippen LogP contribution in [-0.2, 0) is 32.6 Å². The zero-order valence-corrected chi connectivity index (χ0v) is 26.1. The first-order valence-corrected chi connectivity index (χ1v) is 15.9. The lowest BCUT2D eigenvalue weighted by molar-refractivity contribution is -0.140. The van der Waals surface area contributed by atoms with Gasteiger partial charge in [-0.3, -0.25) is 13.9 Å². The monoisotopic (exact) mass is 617 g/mol. The zero-order chi connectivity index (χ0) is 31.0. The Morgan fingerprint density at radius 2 is 1.47 bits per heavy atom. The molecule has 0 aromatic heterocycles. The second kappa shape index (κ2) is 14.4. The number of nitrogens with zero attached hydrogens (tertiary/aromatic N) is 2. The Morgan fingerprint density at radius 3 is 2.07 bits per heavy atom. The molecule has 0 radical (unpaired) electrons. The van der Waals surface area contributed by atoms with E-state index in [4.69, 9.17) is 11.6 Å². The van der Waals surface area contributed by atoms with Gasteiger partial charge in [0.2, 0.25) is 11.8 Å². The Hall–Kier alpha value is -4.14. The number of hydrogen-bond donors (Lipinski definition) is 1. The van der Waals surface area contributed by atoms with Crippen LogP contribution in [0.4, 0.5) is 5.69 Å². The summed E-state index contributed by atoms with van der Waals surface area (Å²) in [5, 5.41) is 3.32. The Labute approximate surface area is 259 Å². The smallest absolute Gasteiger partial charge is 0.264 e. The number of carbonyl (C=O) groups excluding carboxylic acids is 2.